The molecule has 4 heterocycles. The Morgan fingerprint density at radius 1 is 1.28 bits per heavy atom. The Balaban J connectivity index is 1.57. The van der Waals surface area contributed by atoms with Crippen LogP contribution in [0.5, 0.6) is 0 Å². The Kier molecular flexibility index (Phi) is 4.58. The zero-order valence-electron chi connectivity index (χ0n) is 14.8. The fraction of sp³-hybridized carbons (Fsp3) is 0.588. The number of hydrogen-bond donors (Lipinski definition) is 1. The van der Waals surface area contributed by atoms with E-state index in [-0.39, 0.29) is 0 Å². The maximum absolute atomic E-state index is 5.51. The Labute approximate surface area is 152 Å². The van der Waals surface area contributed by atoms with Gasteiger partial charge in [-0.3, -0.25) is 9.58 Å². The average molecular weight is 360 g/mol. The maximum Gasteiger partial charge on any atom is 0.196 e. The number of ether oxygens (including phenoxy) is 1. The van der Waals surface area contributed by atoms with E-state index in [0.717, 1.165) is 58.1 Å². The number of nitrogens with one attached hydrogen (secondary N) is 1. The van der Waals surface area contributed by atoms with Gasteiger partial charge in [-0.2, -0.15) is 5.10 Å². The van der Waals surface area contributed by atoms with Crippen molar-refractivity contribution >= 4 is 18.0 Å². The number of aromatic nitrogens is 4. The molecule has 25 heavy (non-hydrogen) atoms. The van der Waals surface area contributed by atoms with Gasteiger partial charge < -0.3 is 14.6 Å². The molecule has 2 aromatic rings. The van der Waals surface area contributed by atoms with Crippen LogP contribution >= 0.6 is 12.2 Å². The van der Waals surface area contributed by atoms with E-state index < -0.39 is 0 Å². The van der Waals surface area contributed by atoms with Gasteiger partial charge in [0.2, 0.25) is 0 Å². The van der Waals surface area contributed by atoms with Gasteiger partial charge in [-0.25, -0.2) is 4.98 Å². The van der Waals surface area contributed by atoms with Crippen molar-refractivity contribution in [3.63, 3.8) is 0 Å². The van der Waals surface area contributed by atoms with Crippen molar-refractivity contribution in [3.8, 4) is 0 Å². The second-order valence-corrected chi connectivity index (χ2v) is 7.15. The largest absolute Gasteiger partial charge is 0.378 e. The van der Waals surface area contributed by atoms with Crippen molar-refractivity contribution in [2.24, 2.45) is 7.05 Å². The summed E-state index contributed by atoms with van der Waals surface area (Å²) in [6.45, 7) is 8.34. The van der Waals surface area contributed by atoms with Gasteiger partial charge >= 0.3 is 0 Å². The van der Waals surface area contributed by atoms with E-state index in [4.69, 9.17) is 17.0 Å². The van der Waals surface area contributed by atoms with Crippen molar-refractivity contribution in [3.05, 3.63) is 33.5 Å². The molecule has 1 saturated heterocycles. The van der Waals surface area contributed by atoms with Crippen molar-refractivity contribution in [2.75, 3.05) is 37.7 Å². The molecule has 0 amide bonds. The first-order chi connectivity index (χ1) is 12.1. The molecule has 0 bridgehead atoms. The number of morpholine rings is 1. The Morgan fingerprint density at radius 3 is 2.88 bits per heavy atom. The second-order valence-electron chi connectivity index (χ2n) is 6.76. The van der Waals surface area contributed by atoms with Crippen LogP contribution in [0.25, 0.3) is 0 Å². The highest BCUT2D eigenvalue weighted by Gasteiger charge is 2.24. The average Bonchev–Trinajstić information content (AvgIpc) is 2.89. The number of anilines is 1. The van der Waals surface area contributed by atoms with Crippen LogP contribution in [0.1, 0.15) is 22.5 Å². The highest BCUT2D eigenvalue weighted by Crippen LogP contribution is 2.27. The molecule has 0 atom stereocenters. The molecule has 0 aromatic carbocycles. The van der Waals surface area contributed by atoms with Gasteiger partial charge in [0.05, 0.1) is 18.9 Å². The van der Waals surface area contributed by atoms with E-state index in [1.165, 1.54) is 22.6 Å². The first kappa shape index (κ1) is 16.7. The zero-order valence-corrected chi connectivity index (χ0v) is 15.6. The molecule has 1 fully saturated rings. The highest BCUT2D eigenvalue weighted by molar-refractivity contribution is 7.71. The number of aryl methyl sites for hydroxylation is 2. The molecule has 0 radical (unpaired) electrons. The minimum atomic E-state index is 0.574. The summed E-state index contributed by atoms with van der Waals surface area (Å²) < 4.78 is 8.10. The Bertz CT molecular complexity index is 823. The summed E-state index contributed by atoms with van der Waals surface area (Å²) in [5.74, 6) is 1.23. The summed E-state index contributed by atoms with van der Waals surface area (Å²) in [7, 11) is 2.04. The number of aromatic amines is 1. The second kappa shape index (κ2) is 6.86. The van der Waals surface area contributed by atoms with E-state index in [9.17, 15) is 0 Å². The number of H-pyrrole nitrogens is 1. The summed E-state index contributed by atoms with van der Waals surface area (Å²) >= 11 is 5.13. The minimum Gasteiger partial charge on any atom is -0.378 e. The Hall–Kier alpha value is -1.77. The van der Waals surface area contributed by atoms with Gasteiger partial charge in [-0.15, -0.1) is 0 Å². The first-order valence-corrected chi connectivity index (χ1v) is 9.17. The lowest BCUT2D eigenvalue weighted by Gasteiger charge is -2.32. The predicted octanol–water partition coefficient (Wildman–Crippen LogP) is 1.58. The lowest BCUT2D eigenvalue weighted by atomic mass is 10.1. The lowest BCUT2D eigenvalue weighted by molar-refractivity contribution is 0.122. The molecule has 1 N–H and O–H groups in total. The van der Waals surface area contributed by atoms with Crippen LogP contribution in [0, 0.1) is 11.7 Å². The summed E-state index contributed by atoms with van der Waals surface area (Å²) in [5, 5.41) is 4.68. The molecule has 0 saturated carbocycles. The fourth-order valence-corrected chi connectivity index (χ4v) is 3.99. The van der Waals surface area contributed by atoms with Crippen LogP contribution in [0.2, 0.25) is 0 Å². The molecule has 4 rings (SSSR count). The SMILES string of the molecule is Cc1nn(C)c(N2CCOCC2)c1CN1CCc2[nH]c(=S)ncc2C1. The number of rotatable bonds is 3. The Morgan fingerprint density at radius 2 is 2.08 bits per heavy atom. The van der Waals surface area contributed by atoms with Gasteiger partial charge in [0.25, 0.3) is 0 Å². The van der Waals surface area contributed by atoms with Crippen molar-refractivity contribution in [1.29, 1.82) is 0 Å². The van der Waals surface area contributed by atoms with Crippen LogP contribution < -0.4 is 4.90 Å². The molecule has 2 aromatic heterocycles. The van der Waals surface area contributed by atoms with Crippen molar-refractivity contribution in [1.82, 2.24) is 24.6 Å². The summed E-state index contributed by atoms with van der Waals surface area (Å²) in [6.07, 6.45) is 2.90. The van der Waals surface area contributed by atoms with E-state index in [1.807, 2.05) is 17.9 Å². The smallest absolute Gasteiger partial charge is 0.196 e. The lowest BCUT2D eigenvalue weighted by Crippen LogP contribution is -2.38. The van der Waals surface area contributed by atoms with E-state index in [0.29, 0.717) is 4.77 Å². The quantitative estimate of drug-likeness (QED) is 0.839. The molecule has 0 unspecified atom stereocenters. The molecular formula is C17H24N6OS. The van der Waals surface area contributed by atoms with Gasteiger partial charge in [-0.1, -0.05) is 0 Å². The molecule has 0 spiro atoms. The van der Waals surface area contributed by atoms with Gasteiger partial charge in [0, 0.05) is 69.2 Å². The summed E-state index contributed by atoms with van der Waals surface area (Å²) in [4.78, 5) is 12.3. The van der Waals surface area contributed by atoms with E-state index in [1.54, 1.807) is 0 Å². The van der Waals surface area contributed by atoms with Gasteiger partial charge in [0.15, 0.2) is 4.77 Å². The molecule has 134 valence electrons. The summed E-state index contributed by atoms with van der Waals surface area (Å²) in [6, 6.07) is 0. The number of hydrogen-bond acceptors (Lipinski definition) is 6. The molecule has 2 aliphatic heterocycles. The molecule has 8 heteroatoms. The first-order valence-electron chi connectivity index (χ1n) is 8.76. The maximum atomic E-state index is 5.51. The normalized spacial score (nSPS) is 18.4. The van der Waals surface area contributed by atoms with Crippen LogP contribution in [0.4, 0.5) is 5.82 Å². The minimum absolute atomic E-state index is 0.574. The molecule has 7 nitrogen and oxygen atoms in total. The van der Waals surface area contributed by atoms with Crippen molar-refractivity contribution in [2.45, 2.75) is 26.4 Å². The van der Waals surface area contributed by atoms with Gasteiger partial charge in [0.1, 0.15) is 5.82 Å². The van der Waals surface area contributed by atoms with Crippen LogP contribution in [0.15, 0.2) is 6.20 Å². The zero-order chi connectivity index (χ0) is 17.4. The van der Waals surface area contributed by atoms with Crippen LogP contribution in [-0.2, 0) is 31.3 Å². The predicted molar refractivity (Wildman–Crippen MR) is 98.2 cm³/mol. The van der Waals surface area contributed by atoms with Crippen molar-refractivity contribution < 1.29 is 4.74 Å². The monoisotopic (exact) mass is 360 g/mol. The van der Waals surface area contributed by atoms with Crippen LogP contribution in [0.3, 0.4) is 0 Å². The third-order valence-electron chi connectivity index (χ3n) is 5.06. The van der Waals surface area contributed by atoms with Gasteiger partial charge in [-0.05, 0) is 19.1 Å². The number of nitrogens with zero attached hydrogens (tertiary/aromatic N) is 5. The van der Waals surface area contributed by atoms with E-state index in [2.05, 4.69) is 31.8 Å². The molecule has 0 aliphatic carbocycles. The standard InChI is InChI=1S/C17H24N6OS/c1-12-14(16(21(2)20-12)23-5-7-24-8-6-23)11-22-4-3-15-13(10-22)9-18-17(25)19-15/h9H,3-8,10-11H2,1-2H3,(H,18,19,25). The third-order valence-corrected chi connectivity index (χ3v) is 5.27. The third kappa shape index (κ3) is 3.33. The highest BCUT2D eigenvalue weighted by atomic mass is 32.1. The topological polar surface area (TPSA) is 62.2 Å². The molecular weight excluding hydrogens is 336 g/mol. The fourth-order valence-electron chi connectivity index (χ4n) is 3.81. The van der Waals surface area contributed by atoms with Crippen LogP contribution in [-0.4, -0.2) is 57.5 Å². The number of fused-ring (bicyclic) bond motifs is 1. The van der Waals surface area contributed by atoms with E-state index >= 15 is 0 Å². The molecule has 2 aliphatic rings. The summed E-state index contributed by atoms with van der Waals surface area (Å²) in [5.41, 5.74) is 4.91.